The predicted octanol–water partition coefficient (Wildman–Crippen LogP) is 0.263. The first-order valence-corrected chi connectivity index (χ1v) is 7.44. The van der Waals surface area contributed by atoms with Crippen LogP contribution in [0.4, 0.5) is 0 Å². The minimum Gasteiger partial charge on any atom is -0.462 e. The summed E-state index contributed by atoms with van der Waals surface area (Å²) in [5.41, 5.74) is 1.61. The Morgan fingerprint density at radius 2 is 1.73 bits per heavy atom. The van der Waals surface area contributed by atoms with E-state index in [-0.39, 0.29) is 24.8 Å². The van der Waals surface area contributed by atoms with Crippen LogP contribution in [0.25, 0.3) is 0 Å². The first kappa shape index (κ1) is 13.7. The fraction of sp³-hybridized carbons (Fsp3) is 0.500. The van der Waals surface area contributed by atoms with E-state index in [1.54, 1.807) is 0 Å². The number of rotatable bonds is 6. The number of carbonyl (C=O) groups excluding carboxylic acids is 2. The number of hydrogen-bond acceptors (Lipinski definition) is 5. The van der Waals surface area contributed by atoms with Gasteiger partial charge in [-0.1, -0.05) is 24.3 Å². The van der Waals surface area contributed by atoms with Crippen LogP contribution in [0.15, 0.2) is 24.3 Å². The molecule has 1 aliphatic carbocycles. The van der Waals surface area contributed by atoms with Gasteiger partial charge in [0.25, 0.3) is 6.10 Å². The van der Waals surface area contributed by atoms with Crippen LogP contribution in [0.1, 0.15) is 23.0 Å². The zero-order chi connectivity index (χ0) is 15.1. The summed E-state index contributed by atoms with van der Waals surface area (Å²) < 4.78 is 19.7. The molecule has 1 N–H and O–H groups in total. The Bertz CT molecular complexity index is 555. The average molecular weight is 305 g/mol. The van der Waals surface area contributed by atoms with Crippen LogP contribution in [0.2, 0.25) is 0 Å². The van der Waals surface area contributed by atoms with E-state index in [0.717, 1.165) is 17.7 Å². The number of esters is 2. The predicted molar refractivity (Wildman–Crippen MR) is 74.5 cm³/mol. The van der Waals surface area contributed by atoms with Crippen LogP contribution in [-0.4, -0.2) is 55.3 Å². The minimum atomic E-state index is -0.618. The third-order valence-corrected chi connectivity index (χ3v) is 4.14. The normalized spacial score (nSPS) is 30.7. The van der Waals surface area contributed by atoms with E-state index in [4.69, 9.17) is 14.2 Å². The molecule has 4 rings (SSSR count). The lowest BCUT2D eigenvalue weighted by molar-refractivity contribution is -0.154. The lowest BCUT2D eigenvalue weighted by atomic mass is 9.91. The molecule has 4 unspecified atom stereocenters. The zero-order valence-corrected chi connectivity index (χ0v) is 11.9. The Kier molecular flexibility index (Phi) is 3.35. The molecule has 6 nitrogen and oxygen atoms in total. The van der Waals surface area contributed by atoms with Crippen LogP contribution < -0.4 is 0 Å². The van der Waals surface area contributed by atoms with Gasteiger partial charge in [0.05, 0.1) is 18.4 Å². The lowest BCUT2D eigenvalue weighted by Crippen LogP contribution is -2.27. The Morgan fingerprint density at radius 3 is 2.27 bits per heavy atom. The number of carbonyl (C=O) groups is 2. The van der Waals surface area contributed by atoms with Crippen LogP contribution >= 0.6 is 0 Å². The number of ether oxygens (including phenoxy) is 4. The van der Waals surface area contributed by atoms with Gasteiger partial charge in [-0.05, 0) is 11.1 Å². The SMILES string of the molecule is O=C(OCC1CO1)C1c2cccc(c2)C1C(=O)OCC1C[OH+]1. The summed E-state index contributed by atoms with van der Waals surface area (Å²) in [7, 11) is 0. The monoisotopic (exact) mass is 305 g/mol. The van der Waals surface area contributed by atoms with Crippen molar-refractivity contribution in [3.05, 3.63) is 35.4 Å². The van der Waals surface area contributed by atoms with Gasteiger partial charge in [-0.25, -0.2) is 0 Å². The van der Waals surface area contributed by atoms with Crippen molar-refractivity contribution in [2.24, 2.45) is 0 Å². The number of aliphatic hydroxyl groups is 2. The summed E-state index contributed by atoms with van der Waals surface area (Å²) in [5.74, 6) is -2.01. The summed E-state index contributed by atoms with van der Waals surface area (Å²) >= 11 is 0. The van der Waals surface area contributed by atoms with Crippen LogP contribution in [-0.2, 0) is 23.8 Å². The molecular formula is C16H17O6+. The van der Waals surface area contributed by atoms with Gasteiger partial charge in [0.1, 0.15) is 12.7 Å². The van der Waals surface area contributed by atoms with Crippen LogP contribution in [0.3, 0.4) is 0 Å². The molecule has 4 atom stereocenters. The maximum atomic E-state index is 12.4. The van der Waals surface area contributed by atoms with Crippen LogP contribution in [0.5, 0.6) is 0 Å². The van der Waals surface area contributed by atoms with Crippen molar-refractivity contribution in [1.29, 1.82) is 0 Å². The van der Waals surface area contributed by atoms with Crippen molar-refractivity contribution in [2.45, 2.75) is 24.0 Å². The van der Waals surface area contributed by atoms with Gasteiger partial charge >= 0.3 is 11.9 Å². The van der Waals surface area contributed by atoms with Gasteiger partial charge in [0.15, 0.2) is 6.61 Å². The molecule has 1 aromatic carbocycles. The quantitative estimate of drug-likeness (QED) is 0.428. The third kappa shape index (κ3) is 2.71. The van der Waals surface area contributed by atoms with Crippen molar-refractivity contribution in [1.82, 2.24) is 0 Å². The van der Waals surface area contributed by atoms with E-state index in [2.05, 4.69) is 4.74 Å². The van der Waals surface area contributed by atoms with Gasteiger partial charge in [-0.15, -0.1) is 0 Å². The van der Waals surface area contributed by atoms with Gasteiger partial charge < -0.3 is 18.9 Å². The largest absolute Gasteiger partial charge is 0.462 e. The third-order valence-electron chi connectivity index (χ3n) is 4.14. The fourth-order valence-corrected chi connectivity index (χ4v) is 2.75. The van der Waals surface area contributed by atoms with E-state index >= 15 is 0 Å². The minimum absolute atomic E-state index is 0.00958. The highest BCUT2D eigenvalue weighted by molar-refractivity contribution is 5.92. The molecule has 1 aromatic rings. The molecule has 2 saturated heterocycles. The highest BCUT2D eigenvalue weighted by Crippen LogP contribution is 2.42. The summed E-state index contributed by atoms with van der Waals surface area (Å²) in [6.07, 6.45) is 0.140. The second-order valence-electron chi connectivity index (χ2n) is 5.86. The molecule has 0 amide bonds. The summed E-state index contributed by atoms with van der Waals surface area (Å²) in [6, 6.07) is 7.40. The van der Waals surface area contributed by atoms with Crippen molar-refractivity contribution in [3.8, 4) is 0 Å². The molecule has 2 fully saturated rings. The second-order valence-corrected chi connectivity index (χ2v) is 5.86. The molecule has 2 bridgehead atoms. The summed E-state index contributed by atoms with van der Waals surface area (Å²) in [6.45, 7) is 1.91. The van der Waals surface area contributed by atoms with Crippen LogP contribution in [0, 0.1) is 0 Å². The van der Waals surface area contributed by atoms with E-state index < -0.39 is 17.8 Å². The van der Waals surface area contributed by atoms with Crippen molar-refractivity contribution in [2.75, 3.05) is 26.4 Å². The Hall–Kier alpha value is -1.92. The van der Waals surface area contributed by atoms with Crippen molar-refractivity contribution >= 4 is 11.9 Å². The summed E-state index contributed by atoms with van der Waals surface area (Å²) in [5, 5.41) is 0. The lowest BCUT2D eigenvalue weighted by Gasteiger charge is -2.18. The van der Waals surface area contributed by atoms with Gasteiger partial charge in [-0.3, -0.25) is 9.59 Å². The smallest absolute Gasteiger partial charge is 0.314 e. The Balaban J connectivity index is 1.47. The first-order valence-electron chi connectivity index (χ1n) is 7.44. The molecular weight excluding hydrogens is 288 g/mol. The topological polar surface area (TPSA) is 77.9 Å². The van der Waals surface area contributed by atoms with E-state index in [0.29, 0.717) is 13.2 Å². The molecule has 3 aliphatic rings. The fourth-order valence-electron chi connectivity index (χ4n) is 2.75. The Labute approximate surface area is 127 Å². The highest BCUT2D eigenvalue weighted by atomic mass is 16.6. The standard InChI is InChI=1S/C16H16O6/c17-15(21-7-11-5-19-11)13-9-2-1-3-10(4-9)14(13)16(18)22-8-12-6-20-12/h1-4,11-14H,5-8H2/p+1. The number of hydrogen-bond donors (Lipinski definition) is 0. The van der Waals surface area contributed by atoms with Gasteiger partial charge in [0.2, 0.25) is 6.61 Å². The molecule has 0 spiro atoms. The second kappa shape index (κ2) is 5.37. The zero-order valence-electron chi connectivity index (χ0n) is 11.9. The maximum Gasteiger partial charge on any atom is 0.314 e. The molecule has 6 heteroatoms. The molecule has 22 heavy (non-hydrogen) atoms. The summed E-state index contributed by atoms with van der Waals surface area (Å²) in [4.78, 5) is 24.8. The molecule has 116 valence electrons. The molecule has 0 radical (unpaired) electrons. The van der Waals surface area contributed by atoms with Gasteiger partial charge in [0, 0.05) is 0 Å². The van der Waals surface area contributed by atoms with E-state index in [9.17, 15) is 9.59 Å². The van der Waals surface area contributed by atoms with Crippen molar-refractivity contribution in [3.63, 3.8) is 0 Å². The molecule has 2 aliphatic heterocycles. The molecule has 2 heterocycles. The highest BCUT2D eigenvalue weighted by Gasteiger charge is 2.44. The average Bonchev–Trinajstić information content (AvgIpc) is 3.42. The Morgan fingerprint density at radius 1 is 1.14 bits per heavy atom. The van der Waals surface area contributed by atoms with E-state index in [1.807, 2.05) is 24.3 Å². The number of benzene rings is 1. The number of epoxide rings is 2. The maximum absolute atomic E-state index is 12.4. The first-order chi connectivity index (χ1) is 10.7. The van der Waals surface area contributed by atoms with E-state index in [1.165, 1.54) is 0 Å². The van der Waals surface area contributed by atoms with Gasteiger partial charge in [-0.2, -0.15) is 0 Å². The molecule has 0 aromatic heterocycles. The van der Waals surface area contributed by atoms with Crippen molar-refractivity contribution < 1.29 is 28.5 Å². The molecule has 0 saturated carbocycles. The number of fused-ring (bicyclic) bond motifs is 2.